The summed E-state index contributed by atoms with van der Waals surface area (Å²) in [4.78, 5) is 13.0. The number of hydrogen-bond donors (Lipinski definition) is 2. The molecule has 4 rings (SSSR count). The van der Waals surface area contributed by atoms with E-state index in [-0.39, 0.29) is 5.82 Å². The standard InChI is InChI=1S/C20H17N7O/c21-12-19-24-16-7-6-15(13-10-17(22)26-18(23)11-13)25-20(16)27(19)8-9-28-14-4-2-1-3-5-14/h1-7,10-11H,8-9H2,(H4,22,23,26). The Labute approximate surface area is 161 Å². The summed E-state index contributed by atoms with van der Waals surface area (Å²) in [6.45, 7) is 0.816. The van der Waals surface area contributed by atoms with Gasteiger partial charge in [-0.25, -0.2) is 15.0 Å². The fourth-order valence-electron chi connectivity index (χ4n) is 2.95. The first-order valence-corrected chi connectivity index (χ1v) is 8.62. The molecule has 0 amide bonds. The van der Waals surface area contributed by atoms with Crippen LogP contribution in [0, 0.1) is 11.3 Å². The molecule has 0 saturated carbocycles. The third-order valence-corrected chi connectivity index (χ3v) is 4.18. The summed E-state index contributed by atoms with van der Waals surface area (Å²) in [5.41, 5.74) is 14.2. The van der Waals surface area contributed by atoms with Crippen molar-refractivity contribution in [1.82, 2.24) is 19.5 Å². The molecule has 0 bridgehead atoms. The normalized spacial score (nSPS) is 10.7. The molecule has 0 atom stereocenters. The van der Waals surface area contributed by atoms with Crippen LogP contribution in [0.3, 0.4) is 0 Å². The molecular formula is C20H17N7O. The van der Waals surface area contributed by atoms with Crippen molar-refractivity contribution in [2.75, 3.05) is 18.1 Å². The summed E-state index contributed by atoms with van der Waals surface area (Å²) in [7, 11) is 0. The lowest BCUT2D eigenvalue weighted by Gasteiger charge is -2.09. The fraction of sp³-hybridized carbons (Fsp3) is 0.100. The monoisotopic (exact) mass is 371 g/mol. The number of nitrogens with zero attached hydrogens (tertiary/aromatic N) is 5. The zero-order valence-corrected chi connectivity index (χ0v) is 14.9. The second-order valence-corrected chi connectivity index (χ2v) is 6.11. The van der Waals surface area contributed by atoms with Crippen molar-refractivity contribution in [1.29, 1.82) is 5.26 Å². The third kappa shape index (κ3) is 3.41. The van der Waals surface area contributed by atoms with E-state index in [0.29, 0.717) is 41.6 Å². The van der Waals surface area contributed by atoms with Crippen LogP contribution < -0.4 is 16.2 Å². The number of imidazole rings is 1. The lowest BCUT2D eigenvalue weighted by Crippen LogP contribution is -2.10. The zero-order chi connectivity index (χ0) is 19.5. The maximum Gasteiger partial charge on any atom is 0.215 e. The molecule has 1 aromatic carbocycles. The third-order valence-electron chi connectivity index (χ3n) is 4.18. The average Bonchev–Trinajstić information content (AvgIpc) is 3.05. The SMILES string of the molecule is N#Cc1nc2ccc(-c3cc(N)nc(N)c3)nc2n1CCOc1ccccc1. The van der Waals surface area contributed by atoms with Gasteiger partial charge in [0.25, 0.3) is 0 Å². The average molecular weight is 371 g/mol. The number of nitrogens with two attached hydrogens (primary N) is 2. The number of benzene rings is 1. The molecule has 8 nitrogen and oxygen atoms in total. The number of nitriles is 1. The number of pyridine rings is 2. The highest BCUT2D eigenvalue weighted by molar-refractivity contribution is 5.77. The molecule has 0 radical (unpaired) electrons. The van der Waals surface area contributed by atoms with Gasteiger partial charge in [-0.1, -0.05) is 18.2 Å². The molecular weight excluding hydrogens is 354 g/mol. The minimum Gasteiger partial charge on any atom is -0.492 e. The van der Waals surface area contributed by atoms with Gasteiger partial charge in [-0.3, -0.25) is 4.57 Å². The van der Waals surface area contributed by atoms with Crippen LogP contribution in [-0.4, -0.2) is 26.1 Å². The molecule has 0 fully saturated rings. The van der Waals surface area contributed by atoms with Crippen molar-refractivity contribution in [2.45, 2.75) is 6.54 Å². The van der Waals surface area contributed by atoms with Crippen LogP contribution in [0.15, 0.2) is 54.6 Å². The molecule has 28 heavy (non-hydrogen) atoms. The molecule has 3 heterocycles. The Morgan fingerprint density at radius 2 is 1.71 bits per heavy atom. The van der Waals surface area contributed by atoms with Gasteiger partial charge in [0.15, 0.2) is 5.65 Å². The largest absolute Gasteiger partial charge is 0.492 e. The second-order valence-electron chi connectivity index (χ2n) is 6.11. The maximum absolute atomic E-state index is 9.45. The van der Waals surface area contributed by atoms with E-state index >= 15 is 0 Å². The number of ether oxygens (including phenoxy) is 1. The number of aromatic nitrogens is 4. The van der Waals surface area contributed by atoms with E-state index in [1.807, 2.05) is 42.5 Å². The van der Waals surface area contributed by atoms with Gasteiger partial charge in [0, 0.05) is 5.56 Å². The smallest absolute Gasteiger partial charge is 0.215 e. The van der Waals surface area contributed by atoms with E-state index in [2.05, 4.69) is 21.0 Å². The molecule has 8 heteroatoms. The topological polar surface area (TPSA) is 129 Å². The predicted octanol–water partition coefficient (Wildman–Crippen LogP) is 2.61. The van der Waals surface area contributed by atoms with Crippen LogP contribution in [0.5, 0.6) is 5.75 Å². The number of fused-ring (bicyclic) bond motifs is 1. The molecule has 3 aromatic heterocycles. The van der Waals surface area contributed by atoms with Gasteiger partial charge in [0.2, 0.25) is 5.82 Å². The second kappa shape index (κ2) is 7.25. The lowest BCUT2D eigenvalue weighted by atomic mass is 10.1. The minimum atomic E-state index is 0.282. The van der Waals surface area contributed by atoms with E-state index < -0.39 is 0 Å². The summed E-state index contributed by atoms with van der Waals surface area (Å²) in [6.07, 6.45) is 0. The summed E-state index contributed by atoms with van der Waals surface area (Å²) >= 11 is 0. The van der Waals surface area contributed by atoms with E-state index in [0.717, 1.165) is 11.3 Å². The number of hydrogen-bond acceptors (Lipinski definition) is 7. The Balaban J connectivity index is 1.67. The highest BCUT2D eigenvalue weighted by atomic mass is 16.5. The minimum absolute atomic E-state index is 0.282. The van der Waals surface area contributed by atoms with Crippen LogP contribution in [0.4, 0.5) is 11.6 Å². The molecule has 4 aromatic rings. The van der Waals surface area contributed by atoms with E-state index in [4.69, 9.17) is 16.2 Å². The number of nitrogen functional groups attached to an aromatic ring is 2. The molecule has 4 N–H and O–H groups in total. The van der Waals surface area contributed by atoms with E-state index in [9.17, 15) is 5.26 Å². The molecule has 0 aliphatic carbocycles. The first-order chi connectivity index (χ1) is 13.6. The van der Waals surface area contributed by atoms with Crippen molar-refractivity contribution in [3.05, 3.63) is 60.4 Å². The Morgan fingerprint density at radius 1 is 0.964 bits per heavy atom. The fourth-order valence-corrected chi connectivity index (χ4v) is 2.95. The Kier molecular flexibility index (Phi) is 4.48. The summed E-state index contributed by atoms with van der Waals surface area (Å²) < 4.78 is 7.49. The summed E-state index contributed by atoms with van der Waals surface area (Å²) in [5, 5.41) is 9.45. The molecule has 0 saturated heterocycles. The van der Waals surface area contributed by atoms with Gasteiger partial charge < -0.3 is 16.2 Å². The molecule has 138 valence electrons. The van der Waals surface area contributed by atoms with Gasteiger partial charge in [-0.2, -0.15) is 5.26 Å². The highest BCUT2D eigenvalue weighted by Gasteiger charge is 2.14. The number of para-hydroxylation sites is 1. The number of rotatable bonds is 5. The van der Waals surface area contributed by atoms with Gasteiger partial charge in [-0.05, 0) is 36.4 Å². The van der Waals surface area contributed by atoms with Gasteiger partial charge >= 0.3 is 0 Å². The first kappa shape index (κ1) is 17.3. The lowest BCUT2D eigenvalue weighted by molar-refractivity contribution is 0.299. The van der Waals surface area contributed by atoms with Crippen molar-refractivity contribution in [3.63, 3.8) is 0 Å². The molecule has 0 aliphatic heterocycles. The maximum atomic E-state index is 9.45. The van der Waals surface area contributed by atoms with Gasteiger partial charge in [-0.15, -0.1) is 0 Å². The van der Waals surface area contributed by atoms with Crippen LogP contribution >= 0.6 is 0 Å². The van der Waals surface area contributed by atoms with Crippen molar-refractivity contribution in [3.8, 4) is 23.1 Å². The zero-order valence-electron chi connectivity index (χ0n) is 14.9. The molecule has 0 spiro atoms. The van der Waals surface area contributed by atoms with Gasteiger partial charge in [0.1, 0.15) is 35.6 Å². The van der Waals surface area contributed by atoms with Crippen molar-refractivity contribution < 1.29 is 4.74 Å². The van der Waals surface area contributed by atoms with Crippen LogP contribution in [-0.2, 0) is 6.54 Å². The van der Waals surface area contributed by atoms with Crippen molar-refractivity contribution in [2.24, 2.45) is 0 Å². The van der Waals surface area contributed by atoms with Crippen LogP contribution in [0.1, 0.15) is 5.82 Å². The Hall–Kier alpha value is -4.12. The molecule has 0 unspecified atom stereocenters. The predicted molar refractivity (Wildman–Crippen MR) is 106 cm³/mol. The quantitative estimate of drug-likeness (QED) is 0.551. The van der Waals surface area contributed by atoms with Crippen molar-refractivity contribution >= 4 is 22.8 Å². The molecule has 0 aliphatic rings. The van der Waals surface area contributed by atoms with E-state index in [1.165, 1.54) is 0 Å². The Morgan fingerprint density at radius 3 is 2.43 bits per heavy atom. The number of anilines is 2. The van der Waals surface area contributed by atoms with Crippen LogP contribution in [0.25, 0.3) is 22.4 Å². The van der Waals surface area contributed by atoms with E-state index in [1.54, 1.807) is 16.7 Å². The van der Waals surface area contributed by atoms with Crippen LogP contribution in [0.2, 0.25) is 0 Å². The summed E-state index contributed by atoms with van der Waals surface area (Å²) in [6, 6.07) is 18.7. The van der Waals surface area contributed by atoms with Gasteiger partial charge in [0.05, 0.1) is 12.2 Å². The first-order valence-electron chi connectivity index (χ1n) is 8.62. The highest BCUT2D eigenvalue weighted by Crippen LogP contribution is 2.24. The summed E-state index contributed by atoms with van der Waals surface area (Å²) in [5.74, 6) is 1.69. The Bertz CT molecular complexity index is 1160.